The summed E-state index contributed by atoms with van der Waals surface area (Å²) < 4.78 is 21.4. The first-order valence-electron chi connectivity index (χ1n) is 9.78. The highest BCUT2D eigenvalue weighted by atomic mass is 19.1. The number of likely N-dealkylation sites (N-methyl/N-ethyl adjacent to an activating group) is 1. The van der Waals surface area contributed by atoms with E-state index in [0.717, 1.165) is 31.7 Å². The molecule has 0 N–H and O–H groups in total. The minimum Gasteiger partial charge on any atom is -0.494 e. The number of fused-ring (bicyclic) bond motifs is 3. The van der Waals surface area contributed by atoms with E-state index in [1.165, 1.54) is 27.7 Å². The molecule has 3 nitrogen and oxygen atoms in total. The van der Waals surface area contributed by atoms with Crippen LogP contribution in [-0.4, -0.2) is 29.2 Å². The van der Waals surface area contributed by atoms with Gasteiger partial charge >= 0.3 is 0 Å². The predicted molar refractivity (Wildman–Crippen MR) is 108 cm³/mol. The maximum Gasteiger partial charge on any atom is 0.123 e. The van der Waals surface area contributed by atoms with Crippen LogP contribution < -0.4 is 4.74 Å². The van der Waals surface area contributed by atoms with Crippen molar-refractivity contribution in [2.45, 2.75) is 45.8 Å². The Labute approximate surface area is 160 Å². The third-order valence-electron chi connectivity index (χ3n) is 5.76. The van der Waals surface area contributed by atoms with Gasteiger partial charge in [-0.05, 0) is 68.8 Å². The number of rotatable bonds is 5. The summed E-state index contributed by atoms with van der Waals surface area (Å²) in [6, 6.07) is 13.8. The number of nitrogens with zero attached hydrogens (tertiary/aromatic N) is 2. The van der Waals surface area contributed by atoms with Crippen LogP contribution in [0.4, 0.5) is 4.39 Å². The first-order chi connectivity index (χ1) is 13.1. The first kappa shape index (κ1) is 18.1. The number of hydrogen-bond donors (Lipinski definition) is 0. The van der Waals surface area contributed by atoms with E-state index in [9.17, 15) is 4.39 Å². The number of hydrogen-bond acceptors (Lipinski definition) is 2. The maximum absolute atomic E-state index is 13.2. The molecule has 1 aromatic heterocycles. The molecule has 2 heterocycles. The molecule has 1 unspecified atom stereocenters. The summed E-state index contributed by atoms with van der Waals surface area (Å²) in [6.45, 7) is 6.85. The average molecular weight is 366 g/mol. The van der Waals surface area contributed by atoms with E-state index in [4.69, 9.17) is 4.74 Å². The van der Waals surface area contributed by atoms with Gasteiger partial charge in [0.1, 0.15) is 11.6 Å². The molecule has 0 saturated carbocycles. The Bertz CT molecular complexity index is 945. The fourth-order valence-corrected chi connectivity index (χ4v) is 4.11. The van der Waals surface area contributed by atoms with Gasteiger partial charge in [-0.15, -0.1) is 0 Å². The smallest absolute Gasteiger partial charge is 0.123 e. The lowest BCUT2D eigenvalue weighted by Gasteiger charge is -2.31. The van der Waals surface area contributed by atoms with Gasteiger partial charge in [-0.2, -0.15) is 0 Å². The summed E-state index contributed by atoms with van der Waals surface area (Å²) in [5, 5.41) is 1.30. The van der Waals surface area contributed by atoms with E-state index in [1.807, 2.05) is 19.1 Å². The Kier molecular flexibility index (Phi) is 4.92. The van der Waals surface area contributed by atoms with Crippen molar-refractivity contribution in [3.63, 3.8) is 0 Å². The maximum atomic E-state index is 13.2. The molecule has 142 valence electrons. The molecule has 0 bridgehead atoms. The molecule has 4 heteroatoms. The lowest BCUT2D eigenvalue weighted by atomic mass is 10.00. The molecular weight excluding hydrogens is 339 g/mol. The van der Waals surface area contributed by atoms with Crippen LogP contribution in [0.5, 0.6) is 5.75 Å². The molecule has 0 spiro atoms. The highest BCUT2D eigenvalue weighted by Gasteiger charge is 2.26. The number of aromatic nitrogens is 1. The Hall–Kier alpha value is -2.33. The Morgan fingerprint density at radius 1 is 1.15 bits per heavy atom. The van der Waals surface area contributed by atoms with Gasteiger partial charge in [-0.25, -0.2) is 4.39 Å². The second kappa shape index (κ2) is 7.35. The highest BCUT2D eigenvalue weighted by molar-refractivity contribution is 5.87. The quantitative estimate of drug-likeness (QED) is 0.645. The minimum atomic E-state index is -0.178. The van der Waals surface area contributed by atoms with Gasteiger partial charge in [0, 0.05) is 42.1 Å². The predicted octanol–water partition coefficient (Wildman–Crippen LogP) is 4.80. The minimum absolute atomic E-state index is 0.178. The molecule has 0 fully saturated rings. The van der Waals surface area contributed by atoms with Crippen molar-refractivity contribution in [2.24, 2.45) is 0 Å². The molecule has 1 aliphatic rings. The van der Waals surface area contributed by atoms with E-state index in [-0.39, 0.29) is 5.82 Å². The number of aryl methyl sites for hydroxylation is 2. The van der Waals surface area contributed by atoms with E-state index in [2.05, 4.69) is 41.6 Å². The third-order valence-corrected chi connectivity index (χ3v) is 5.76. The second-order valence-electron chi connectivity index (χ2n) is 7.53. The summed E-state index contributed by atoms with van der Waals surface area (Å²) in [6.07, 6.45) is 1.95. The normalized spacial score (nSPS) is 17.3. The van der Waals surface area contributed by atoms with E-state index < -0.39 is 0 Å². The topological polar surface area (TPSA) is 17.4 Å². The molecule has 0 radical (unpaired) electrons. The molecule has 0 saturated heterocycles. The largest absolute Gasteiger partial charge is 0.494 e. The summed E-state index contributed by atoms with van der Waals surface area (Å²) in [7, 11) is 2.20. The van der Waals surface area contributed by atoms with Crippen molar-refractivity contribution in [3.05, 3.63) is 65.1 Å². The lowest BCUT2D eigenvalue weighted by Crippen LogP contribution is -2.35. The van der Waals surface area contributed by atoms with Crippen LogP contribution >= 0.6 is 0 Å². The van der Waals surface area contributed by atoms with Gasteiger partial charge in [0.15, 0.2) is 0 Å². The molecule has 0 amide bonds. The zero-order valence-electron chi connectivity index (χ0n) is 16.3. The Balaban J connectivity index is 1.74. The molecule has 1 aliphatic heterocycles. The molecule has 3 aromatic rings. The zero-order chi connectivity index (χ0) is 19.0. The SMILES string of the molecule is CCOc1ccc2c(c1)c1c(n2CCc2ccc(F)cc2)CC(C)N(C)C1. The molecule has 4 rings (SSSR count). The summed E-state index contributed by atoms with van der Waals surface area (Å²) in [5.74, 6) is 0.757. The van der Waals surface area contributed by atoms with Crippen LogP contribution in [0.2, 0.25) is 0 Å². The second-order valence-corrected chi connectivity index (χ2v) is 7.53. The van der Waals surface area contributed by atoms with Crippen molar-refractivity contribution in [3.8, 4) is 5.75 Å². The fraction of sp³-hybridized carbons (Fsp3) is 0.391. The average Bonchev–Trinajstić information content (AvgIpc) is 2.94. The van der Waals surface area contributed by atoms with Crippen molar-refractivity contribution in [2.75, 3.05) is 13.7 Å². The zero-order valence-corrected chi connectivity index (χ0v) is 16.3. The van der Waals surface area contributed by atoms with Crippen molar-refractivity contribution < 1.29 is 9.13 Å². The van der Waals surface area contributed by atoms with Crippen molar-refractivity contribution in [1.82, 2.24) is 9.47 Å². The molecular formula is C23H27FN2O. The van der Waals surface area contributed by atoms with Crippen LogP contribution in [0.3, 0.4) is 0 Å². The number of benzene rings is 2. The highest BCUT2D eigenvalue weighted by Crippen LogP contribution is 2.34. The van der Waals surface area contributed by atoms with Crippen LogP contribution in [-0.2, 0) is 25.9 Å². The monoisotopic (exact) mass is 366 g/mol. The first-order valence-corrected chi connectivity index (χ1v) is 9.78. The van der Waals surface area contributed by atoms with Gasteiger partial charge in [0.2, 0.25) is 0 Å². The molecule has 27 heavy (non-hydrogen) atoms. The van der Waals surface area contributed by atoms with Crippen LogP contribution in [0.15, 0.2) is 42.5 Å². The lowest BCUT2D eigenvalue weighted by molar-refractivity contribution is 0.228. The molecule has 2 aromatic carbocycles. The van der Waals surface area contributed by atoms with Gasteiger partial charge in [-0.3, -0.25) is 4.90 Å². The third kappa shape index (κ3) is 3.46. The van der Waals surface area contributed by atoms with E-state index in [1.54, 1.807) is 12.1 Å². The Morgan fingerprint density at radius 2 is 1.93 bits per heavy atom. The van der Waals surface area contributed by atoms with Crippen molar-refractivity contribution in [1.29, 1.82) is 0 Å². The van der Waals surface area contributed by atoms with Gasteiger partial charge in [-0.1, -0.05) is 12.1 Å². The van der Waals surface area contributed by atoms with Gasteiger partial charge in [0.05, 0.1) is 6.61 Å². The van der Waals surface area contributed by atoms with Gasteiger partial charge in [0.25, 0.3) is 0 Å². The summed E-state index contributed by atoms with van der Waals surface area (Å²) in [4.78, 5) is 2.42. The summed E-state index contributed by atoms with van der Waals surface area (Å²) in [5.41, 5.74) is 5.30. The van der Waals surface area contributed by atoms with E-state index in [0.29, 0.717) is 12.6 Å². The number of halogens is 1. The standard InChI is InChI=1S/C23H27FN2O/c1-4-27-19-9-10-22-20(14-19)21-15-25(3)16(2)13-23(21)26(22)12-11-17-5-7-18(24)8-6-17/h5-10,14,16H,4,11-13,15H2,1-3H3. The summed E-state index contributed by atoms with van der Waals surface area (Å²) >= 11 is 0. The van der Waals surface area contributed by atoms with Crippen molar-refractivity contribution >= 4 is 10.9 Å². The number of ether oxygens (including phenoxy) is 1. The molecule has 0 aliphatic carbocycles. The molecule has 1 atom stereocenters. The van der Waals surface area contributed by atoms with Crippen LogP contribution in [0.25, 0.3) is 10.9 Å². The Morgan fingerprint density at radius 3 is 2.67 bits per heavy atom. The van der Waals surface area contributed by atoms with Crippen LogP contribution in [0, 0.1) is 5.82 Å². The van der Waals surface area contributed by atoms with Gasteiger partial charge < -0.3 is 9.30 Å². The fourth-order valence-electron chi connectivity index (χ4n) is 4.11. The van der Waals surface area contributed by atoms with Crippen LogP contribution in [0.1, 0.15) is 30.7 Å². The van der Waals surface area contributed by atoms with E-state index >= 15 is 0 Å².